The Hall–Kier alpha value is -6.59. The molecule has 3 aliphatic heterocycles. The number of nitrogens with zero attached hydrogens (tertiary/aromatic N) is 7. The molecule has 3 aromatic carbocycles. The van der Waals surface area contributed by atoms with Gasteiger partial charge in [0.15, 0.2) is 11.6 Å². The number of aromatic nitrogens is 3. The lowest BCUT2D eigenvalue weighted by Gasteiger charge is -2.29. The quantitative estimate of drug-likeness (QED) is 0.0559. The smallest absolute Gasteiger partial charge is 0.255 e. The lowest BCUT2D eigenvalue weighted by atomic mass is 9.99. The fraction of sp³-hybridized carbons (Fsp3) is 0.362. The van der Waals surface area contributed by atoms with Crippen LogP contribution in [0.15, 0.2) is 69.8 Å². The number of methoxy groups -OCH3 is 1. The Morgan fingerprint density at radius 1 is 1.00 bits per heavy atom. The minimum Gasteiger partial charge on any atom is -0.494 e. The summed E-state index contributed by atoms with van der Waals surface area (Å²) in [5, 5.41) is 24.8. The number of nitrogens with one attached hydrogen (secondary N) is 2. The number of hydrogen-bond acceptors (Lipinski definition) is 13. The van der Waals surface area contributed by atoms with Crippen molar-refractivity contribution in [3.8, 4) is 16.5 Å². The molecule has 2 atom stereocenters. The van der Waals surface area contributed by atoms with Crippen LogP contribution < -0.4 is 20.1 Å². The van der Waals surface area contributed by atoms with Gasteiger partial charge in [-0.3, -0.25) is 38.8 Å². The summed E-state index contributed by atoms with van der Waals surface area (Å²) in [5.74, 6) is 0.827. The number of azo groups is 1. The Morgan fingerprint density at radius 2 is 1.80 bits per heavy atom. The predicted molar refractivity (Wildman–Crippen MR) is 244 cm³/mol. The lowest BCUT2D eigenvalue weighted by Crippen LogP contribution is -2.52. The number of carbonyl (C=O) groups is 5. The topological polar surface area (TPSA) is 199 Å². The summed E-state index contributed by atoms with van der Waals surface area (Å²) < 4.78 is 13.5. The van der Waals surface area contributed by atoms with Gasteiger partial charge in [-0.1, -0.05) is 36.2 Å². The van der Waals surface area contributed by atoms with E-state index in [4.69, 9.17) is 26.1 Å². The number of aliphatic imine (C=N–C) groups is 1. The molecule has 16 nitrogen and oxygen atoms in total. The molecule has 65 heavy (non-hydrogen) atoms. The molecule has 1 saturated heterocycles. The number of thiophene rings is 1. The minimum atomic E-state index is -0.741. The standard InChI is InChI=1S/C47H48ClN9O7S/c1-25-20-32(21-38(63-5)42(25)54-53-35-12-9-11-33-34(35)23-56(46(33)62)37-17-18-39(59)51-45(37)61)64-24-31(58)10-7-6-8-19-49-40(60)22-36-44-55-52-28(4)57(44)47-41(26(2)27(3)65-47)43(50-36)29-13-15-30(48)16-14-29/h9,11-16,20-21,36-37H,6-8,10,17-19,22-24H2,1-5H3,(H,49,60)(H,51,59,61). The van der Waals surface area contributed by atoms with E-state index in [1.165, 1.54) is 16.9 Å². The molecule has 3 aliphatic rings. The van der Waals surface area contributed by atoms with Crippen molar-refractivity contribution in [3.05, 3.63) is 110 Å². The van der Waals surface area contributed by atoms with E-state index in [0.29, 0.717) is 76.2 Å². The van der Waals surface area contributed by atoms with Crippen LogP contribution in [0.25, 0.3) is 5.00 Å². The third-order valence-electron chi connectivity index (χ3n) is 11.9. The highest BCUT2D eigenvalue weighted by Crippen LogP contribution is 2.41. The van der Waals surface area contributed by atoms with Crippen molar-refractivity contribution in [3.63, 3.8) is 0 Å². The van der Waals surface area contributed by atoms with Crippen molar-refractivity contribution < 1.29 is 33.4 Å². The molecular formula is C47H48ClN9O7S. The maximum atomic E-state index is 13.4. The van der Waals surface area contributed by atoms with Crippen LogP contribution in [0.4, 0.5) is 11.4 Å². The number of imide groups is 1. The molecule has 0 aliphatic carbocycles. The van der Waals surface area contributed by atoms with Crippen LogP contribution in [0.2, 0.25) is 5.02 Å². The largest absolute Gasteiger partial charge is 0.494 e. The molecule has 1 fully saturated rings. The molecule has 0 saturated carbocycles. The number of rotatable bonds is 16. The van der Waals surface area contributed by atoms with Gasteiger partial charge in [0.25, 0.3) is 5.91 Å². The molecule has 18 heteroatoms. The van der Waals surface area contributed by atoms with Crippen molar-refractivity contribution in [2.45, 2.75) is 91.3 Å². The number of fused-ring (bicyclic) bond motifs is 4. The molecule has 2 unspecified atom stereocenters. The van der Waals surface area contributed by atoms with Crippen molar-refractivity contribution in [1.82, 2.24) is 30.3 Å². The van der Waals surface area contributed by atoms with Crippen molar-refractivity contribution >= 4 is 69.4 Å². The van der Waals surface area contributed by atoms with Crippen molar-refractivity contribution in [2.24, 2.45) is 15.2 Å². The van der Waals surface area contributed by atoms with E-state index < -0.39 is 18.0 Å². The first kappa shape index (κ1) is 45.0. The van der Waals surface area contributed by atoms with E-state index in [1.54, 1.807) is 41.7 Å². The second-order valence-electron chi connectivity index (χ2n) is 16.3. The van der Waals surface area contributed by atoms with Gasteiger partial charge in [0, 0.05) is 64.2 Å². The number of ether oxygens (including phenoxy) is 2. The van der Waals surface area contributed by atoms with Crippen LogP contribution in [0.1, 0.15) is 106 Å². The van der Waals surface area contributed by atoms with Gasteiger partial charge in [0.05, 0.1) is 24.9 Å². The third-order valence-corrected chi connectivity index (χ3v) is 13.3. The Bertz CT molecular complexity index is 2780. The van der Waals surface area contributed by atoms with Crippen molar-refractivity contribution in [1.29, 1.82) is 0 Å². The maximum absolute atomic E-state index is 13.4. The molecule has 2 aromatic heterocycles. The number of benzene rings is 3. The summed E-state index contributed by atoms with van der Waals surface area (Å²) in [6.45, 7) is 8.40. The van der Waals surface area contributed by atoms with Crippen LogP contribution >= 0.6 is 22.9 Å². The summed E-state index contributed by atoms with van der Waals surface area (Å²) in [6.07, 6.45) is 2.91. The number of halogens is 1. The average Bonchev–Trinajstić information content (AvgIpc) is 3.90. The lowest BCUT2D eigenvalue weighted by molar-refractivity contribution is -0.137. The van der Waals surface area contributed by atoms with E-state index in [0.717, 1.165) is 39.6 Å². The SMILES string of the molecule is COc1cc(OCC(=O)CCCCCNC(=O)CC2N=C(c3ccc(Cl)cc3)c3c(sc(C)c3C)-n3c(C)nnc32)cc(C)c1N=Nc1cccc2c1CN(C1CCC(=O)NC1=O)C2=O. The Balaban J connectivity index is 0.814. The molecule has 336 valence electrons. The highest BCUT2D eigenvalue weighted by atomic mass is 35.5. The average molecular weight is 918 g/mol. The second kappa shape index (κ2) is 19.3. The van der Waals surface area contributed by atoms with Gasteiger partial charge < -0.3 is 19.7 Å². The van der Waals surface area contributed by atoms with E-state index >= 15 is 0 Å². The summed E-state index contributed by atoms with van der Waals surface area (Å²) in [6, 6.07) is 14.8. The summed E-state index contributed by atoms with van der Waals surface area (Å²) in [7, 11) is 1.50. The number of amides is 4. The molecule has 5 heterocycles. The van der Waals surface area contributed by atoms with E-state index in [9.17, 15) is 24.0 Å². The first-order valence-electron chi connectivity index (χ1n) is 21.5. The summed E-state index contributed by atoms with van der Waals surface area (Å²) in [5.41, 5.74) is 6.51. The number of carbonyl (C=O) groups excluding carboxylic acids is 5. The fourth-order valence-corrected chi connectivity index (χ4v) is 9.66. The monoisotopic (exact) mass is 917 g/mol. The molecule has 0 radical (unpaired) electrons. The molecule has 8 rings (SSSR count). The molecule has 5 aromatic rings. The van der Waals surface area contributed by atoms with Gasteiger partial charge in [-0.25, -0.2) is 0 Å². The molecule has 2 N–H and O–H groups in total. The molecular weight excluding hydrogens is 870 g/mol. The highest BCUT2D eigenvalue weighted by molar-refractivity contribution is 7.15. The fourth-order valence-electron chi connectivity index (χ4n) is 8.32. The summed E-state index contributed by atoms with van der Waals surface area (Å²) in [4.78, 5) is 71.5. The molecule has 4 amide bonds. The number of piperidine rings is 1. The van der Waals surface area contributed by atoms with Gasteiger partial charge in [0.2, 0.25) is 17.7 Å². The maximum Gasteiger partial charge on any atom is 0.255 e. The van der Waals surface area contributed by atoms with Crippen LogP contribution in [0.3, 0.4) is 0 Å². The van der Waals surface area contributed by atoms with Crippen LogP contribution in [0, 0.1) is 27.7 Å². The Kier molecular flexibility index (Phi) is 13.3. The van der Waals surface area contributed by atoms with Crippen molar-refractivity contribution in [2.75, 3.05) is 20.3 Å². The number of unbranched alkanes of at least 4 members (excludes halogenated alkanes) is 2. The summed E-state index contributed by atoms with van der Waals surface area (Å²) >= 11 is 7.90. The minimum absolute atomic E-state index is 0.0608. The zero-order valence-electron chi connectivity index (χ0n) is 36.7. The first-order valence-corrected chi connectivity index (χ1v) is 22.6. The predicted octanol–water partition coefficient (Wildman–Crippen LogP) is 8.01. The van der Waals surface area contributed by atoms with Crippen LogP contribution in [0.5, 0.6) is 11.5 Å². The first-order chi connectivity index (χ1) is 31.3. The number of Topliss-reactive ketones (excluding diaryl/α,β-unsaturated/α-hetero) is 1. The van der Waals surface area contributed by atoms with Gasteiger partial charge in [-0.15, -0.1) is 26.6 Å². The highest BCUT2D eigenvalue weighted by Gasteiger charge is 2.40. The van der Waals surface area contributed by atoms with Crippen LogP contribution in [-0.2, 0) is 25.7 Å². The zero-order chi connectivity index (χ0) is 45.9. The molecule has 0 spiro atoms. The van der Waals surface area contributed by atoms with E-state index in [-0.39, 0.29) is 55.9 Å². The van der Waals surface area contributed by atoms with E-state index in [2.05, 4.69) is 44.9 Å². The normalized spacial score (nSPS) is 16.7. The number of ketones is 1. The Labute approximate surface area is 384 Å². The van der Waals surface area contributed by atoms with Gasteiger partial charge in [-0.2, -0.15) is 5.11 Å². The zero-order valence-corrected chi connectivity index (χ0v) is 38.3. The number of aryl methyl sites for hydroxylation is 3. The number of hydrogen-bond donors (Lipinski definition) is 2. The van der Waals surface area contributed by atoms with E-state index in [1.807, 2.05) is 42.7 Å². The third kappa shape index (κ3) is 9.47. The second-order valence-corrected chi connectivity index (χ2v) is 17.9. The molecule has 0 bridgehead atoms. The van der Waals surface area contributed by atoms with Gasteiger partial charge in [0.1, 0.15) is 46.7 Å². The van der Waals surface area contributed by atoms with Gasteiger partial charge >= 0.3 is 0 Å². The Morgan fingerprint density at radius 3 is 2.57 bits per heavy atom. The van der Waals surface area contributed by atoms with Crippen LogP contribution in [-0.4, -0.2) is 81.1 Å². The van der Waals surface area contributed by atoms with Gasteiger partial charge in [-0.05, 0) is 88.4 Å².